The van der Waals surface area contributed by atoms with Gasteiger partial charge in [0.05, 0.1) is 11.1 Å². The van der Waals surface area contributed by atoms with E-state index < -0.39 is 0 Å². The van der Waals surface area contributed by atoms with E-state index in [1.165, 1.54) is 0 Å². The molecule has 1 aromatic rings. The Balaban J connectivity index is 2.78. The maximum Gasteiger partial charge on any atom is 0.235 e. The van der Waals surface area contributed by atoms with Crippen LogP contribution in [0.1, 0.15) is 18.5 Å². The molecule has 15 heavy (non-hydrogen) atoms. The van der Waals surface area contributed by atoms with E-state index in [2.05, 4.69) is 21.2 Å². The lowest BCUT2D eigenvalue weighted by Gasteiger charge is -2.13. The second-order valence-corrected chi connectivity index (χ2v) is 4.63. The first-order valence-corrected chi connectivity index (χ1v) is 6.05. The second-order valence-electron chi connectivity index (χ2n) is 3.10. The fraction of sp³-hybridized carbons (Fsp3) is 0.300. The molecule has 0 bridgehead atoms. The normalized spacial score (nSPS) is 12.3. The quantitative estimate of drug-likeness (QED) is 0.850. The van der Waals surface area contributed by atoms with Crippen LogP contribution >= 0.6 is 39.1 Å². The Hall–Kier alpha value is -0.250. The van der Waals surface area contributed by atoms with Crippen LogP contribution in [0.2, 0.25) is 5.02 Å². The predicted molar refractivity (Wildman–Crippen MR) is 66.4 cm³/mol. The monoisotopic (exact) mass is 309 g/mol. The Morgan fingerprint density at radius 1 is 1.60 bits per heavy atom. The lowest BCUT2D eigenvalue weighted by molar-refractivity contribution is -0.119. The number of amides is 1. The number of hydrogen-bond donors (Lipinski definition) is 1. The van der Waals surface area contributed by atoms with Gasteiger partial charge in [-0.1, -0.05) is 17.7 Å². The molecule has 0 aliphatic rings. The Morgan fingerprint density at radius 3 is 2.80 bits per heavy atom. The fourth-order valence-electron chi connectivity index (χ4n) is 1.15. The summed E-state index contributed by atoms with van der Waals surface area (Å²) in [6.45, 7) is 1.88. The van der Waals surface area contributed by atoms with Gasteiger partial charge in [0.2, 0.25) is 5.91 Å². The minimum atomic E-state index is -0.191. The van der Waals surface area contributed by atoms with Crippen molar-refractivity contribution in [2.75, 3.05) is 5.88 Å². The minimum Gasteiger partial charge on any atom is -0.349 e. The number of carbonyl (C=O) groups excluding carboxylic acids is 1. The average Bonchev–Trinajstić information content (AvgIpc) is 2.21. The molecule has 0 aromatic heterocycles. The van der Waals surface area contributed by atoms with Gasteiger partial charge in [0.25, 0.3) is 0 Å². The highest BCUT2D eigenvalue weighted by Gasteiger charge is 2.09. The summed E-state index contributed by atoms with van der Waals surface area (Å²) in [5, 5.41) is 3.37. The average molecular weight is 311 g/mol. The highest BCUT2D eigenvalue weighted by Crippen LogP contribution is 2.25. The van der Waals surface area contributed by atoms with Crippen molar-refractivity contribution in [1.29, 1.82) is 0 Å². The highest BCUT2D eigenvalue weighted by atomic mass is 79.9. The molecule has 0 unspecified atom stereocenters. The topological polar surface area (TPSA) is 29.1 Å². The van der Waals surface area contributed by atoms with E-state index in [9.17, 15) is 4.79 Å². The standard InChI is InChI=1S/C10H10BrCl2NO/c1-6(14-10(15)5-12)7-2-3-8(11)9(13)4-7/h2-4,6H,5H2,1H3,(H,14,15)/t6-/m1/s1. The molecule has 1 amide bonds. The number of hydrogen-bond acceptors (Lipinski definition) is 1. The Labute approximate surface area is 107 Å². The van der Waals surface area contributed by atoms with Crippen molar-refractivity contribution >= 4 is 45.0 Å². The van der Waals surface area contributed by atoms with E-state index in [-0.39, 0.29) is 17.8 Å². The first-order valence-electron chi connectivity index (χ1n) is 4.35. The number of alkyl halides is 1. The van der Waals surface area contributed by atoms with Gasteiger partial charge >= 0.3 is 0 Å². The summed E-state index contributed by atoms with van der Waals surface area (Å²) in [5.74, 6) is -0.225. The molecule has 0 saturated heterocycles. The largest absolute Gasteiger partial charge is 0.349 e. The third-order valence-corrected chi connectivity index (χ3v) is 3.42. The maximum absolute atomic E-state index is 11.1. The zero-order valence-electron chi connectivity index (χ0n) is 8.06. The first kappa shape index (κ1) is 12.8. The number of carbonyl (C=O) groups is 1. The predicted octanol–water partition coefficient (Wildman–Crippen LogP) is 3.52. The van der Waals surface area contributed by atoms with E-state index in [1.807, 2.05) is 25.1 Å². The molecule has 0 fully saturated rings. The van der Waals surface area contributed by atoms with Crippen LogP contribution < -0.4 is 5.32 Å². The summed E-state index contributed by atoms with van der Waals surface area (Å²) >= 11 is 14.6. The molecular weight excluding hydrogens is 301 g/mol. The van der Waals surface area contributed by atoms with E-state index in [0.29, 0.717) is 5.02 Å². The summed E-state index contributed by atoms with van der Waals surface area (Å²) in [4.78, 5) is 11.1. The summed E-state index contributed by atoms with van der Waals surface area (Å²) in [6.07, 6.45) is 0. The second kappa shape index (κ2) is 5.73. The van der Waals surface area contributed by atoms with Crippen molar-refractivity contribution < 1.29 is 4.79 Å². The lowest BCUT2D eigenvalue weighted by Crippen LogP contribution is -2.27. The highest BCUT2D eigenvalue weighted by molar-refractivity contribution is 9.10. The van der Waals surface area contributed by atoms with Crippen LogP contribution in [0.25, 0.3) is 0 Å². The molecule has 1 rings (SSSR count). The summed E-state index contributed by atoms with van der Waals surface area (Å²) in [6, 6.07) is 5.46. The number of halogens is 3. The Bertz CT molecular complexity index is 370. The molecule has 0 spiro atoms. The third-order valence-electron chi connectivity index (χ3n) is 1.94. The molecular formula is C10H10BrCl2NO. The molecule has 2 nitrogen and oxygen atoms in total. The van der Waals surface area contributed by atoms with E-state index >= 15 is 0 Å². The zero-order valence-corrected chi connectivity index (χ0v) is 11.2. The van der Waals surface area contributed by atoms with Crippen LogP contribution in [0.4, 0.5) is 0 Å². The summed E-state index contributed by atoms with van der Waals surface area (Å²) < 4.78 is 0.837. The van der Waals surface area contributed by atoms with Gasteiger partial charge in [-0.25, -0.2) is 0 Å². The smallest absolute Gasteiger partial charge is 0.235 e. The summed E-state index contributed by atoms with van der Waals surface area (Å²) in [7, 11) is 0. The molecule has 1 N–H and O–H groups in total. The van der Waals surface area contributed by atoms with Gasteiger partial charge in [-0.15, -0.1) is 11.6 Å². The van der Waals surface area contributed by atoms with E-state index in [4.69, 9.17) is 23.2 Å². The van der Waals surface area contributed by atoms with Crippen LogP contribution in [0.5, 0.6) is 0 Å². The number of nitrogens with one attached hydrogen (secondary N) is 1. The van der Waals surface area contributed by atoms with Crippen LogP contribution in [0.3, 0.4) is 0 Å². The Morgan fingerprint density at radius 2 is 2.27 bits per heavy atom. The maximum atomic E-state index is 11.1. The fourth-order valence-corrected chi connectivity index (χ4v) is 1.66. The van der Waals surface area contributed by atoms with Gasteiger partial charge in [-0.3, -0.25) is 4.79 Å². The molecule has 0 heterocycles. The van der Waals surface area contributed by atoms with Crippen molar-refractivity contribution in [3.05, 3.63) is 33.3 Å². The van der Waals surface area contributed by atoms with Gasteiger partial charge in [-0.2, -0.15) is 0 Å². The lowest BCUT2D eigenvalue weighted by atomic mass is 10.1. The van der Waals surface area contributed by atoms with E-state index in [0.717, 1.165) is 10.0 Å². The van der Waals surface area contributed by atoms with Crippen LogP contribution in [-0.4, -0.2) is 11.8 Å². The van der Waals surface area contributed by atoms with Crippen LogP contribution in [-0.2, 0) is 4.79 Å². The number of rotatable bonds is 3. The molecule has 1 aromatic carbocycles. The molecule has 5 heteroatoms. The SMILES string of the molecule is C[C@@H](NC(=O)CCl)c1ccc(Br)c(Cl)c1. The molecule has 0 radical (unpaired) electrons. The van der Waals surface area contributed by atoms with Crippen molar-refractivity contribution in [3.63, 3.8) is 0 Å². The van der Waals surface area contributed by atoms with Gasteiger partial charge in [0.1, 0.15) is 5.88 Å². The molecule has 0 aliphatic carbocycles. The number of benzene rings is 1. The van der Waals surface area contributed by atoms with Crippen LogP contribution in [0, 0.1) is 0 Å². The Kier molecular flexibility index (Phi) is 4.90. The van der Waals surface area contributed by atoms with Gasteiger partial charge in [-0.05, 0) is 40.5 Å². The molecule has 1 atom stereocenters. The molecule has 82 valence electrons. The van der Waals surface area contributed by atoms with Crippen LogP contribution in [0.15, 0.2) is 22.7 Å². The minimum absolute atomic E-state index is 0.0331. The van der Waals surface area contributed by atoms with Gasteiger partial charge < -0.3 is 5.32 Å². The van der Waals surface area contributed by atoms with Gasteiger partial charge in [0.15, 0.2) is 0 Å². The van der Waals surface area contributed by atoms with Crippen molar-refractivity contribution in [2.45, 2.75) is 13.0 Å². The van der Waals surface area contributed by atoms with Crippen molar-refractivity contribution in [2.24, 2.45) is 0 Å². The van der Waals surface area contributed by atoms with Gasteiger partial charge in [0, 0.05) is 4.47 Å². The third kappa shape index (κ3) is 3.67. The summed E-state index contributed by atoms with van der Waals surface area (Å²) in [5.41, 5.74) is 0.946. The van der Waals surface area contributed by atoms with Crippen molar-refractivity contribution in [3.8, 4) is 0 Å². The molecule has 0 aliphatic heterocycles. The van der Waals surface area contributed by atoms with Crippen molar-refractivity contribution in [1.82, 2.24) is 5.32 Å². The zero-order chi connectivity index (χ0) is 11.4. The van der Waals surface area contributed by atoms with E-state index in [1.54, 1.807) is 0 Å². The molecule has 0 saturated carbocycles. The first-order chi connectivity index (χ1) is 7.04.